The van der Waals surface area contributed by atoms with Crippen molar-refractivity contribution in [1.29, 1.82) is 0 Å². The third-order valence-electron chi connectivity index (χ3n) is 5.65. The van der Waals surface area contributed by atoms with Crippen LogP contribution >= 0.6 is 15.9 Å². The number of ether oxygens (including phenoxy) is 1. The molecule has 2 aromatic carbocycles. The van der Waals surface area contributed by atoms with Gasteiger partial charge in [-0.2, -0.15) is 0 Å². The molecule has 0 aliphatic carbocycles. The monoisotopic (exact) mass is 521 g/mol. The molecule has 0 bridgehead atoms. The van der Waals surface area contributed by atoms with Crippen molar-refractivity contribution >= 4 is 38.6 Å². The maximum atomic E-state index is 13.5. The van der Waals surface area contributed by atoms with E-state index in [4.69, 9.17) is 13.6 Å². The maximum absolute atomic E-state index is 13.5. The van der Waals surface area contributed by atoms with Crippen molar-refractivity contribution in [2.24, 2.45) is 0 Å². The number of carbonyl (C=O) groups excluding carboxylic acids is 2. The van der Waals surface area contributed by atoms with E-state index < -0.39 is 23.5 Å². The van der Waals surface area contributed by atoms with E-state index in [9.17, 15) is 14.7 Å². The summed E-state index contributed by atoms with van der Waals surface area (Å²) in [5.41, 5.74) is 1.25. The Morgan fingerprint density at radius 3 is 2.65 bits per heavy atom. The molecule has 8 heteroatoms. The summed E-state index contributed by atoms with van der Waals surface area (Å²) in [6, 6.07) is 16.7. The molecule has 1 N–H and O–H groups in total. The van der Waals surface area contributed by atoms with Crippen molar-refractivity contribution in [1.82, 2.24) is 4.90 Å². The number of Topliss-reactive ketones (excluding diaryl/α,β-unsaturated/α-hetero) is 1. The van der Waals surface area contributed by atoms with Crippen LogP contribution in [0.4, 0.5) is 0 Å². The number of benzene rings is 2. The molecule has 3 heterocycles. The molecule has 2 aromatic heterocycles. The lowest BCUT2D eigenvalue weighted by molar-refractivity contribution is -0.130. The second-order valence-corrected chi connectivity index (χ2v) is 8.73. The minimum Gasteiger partial charge on any atom is -0.503 e. The van der Waals surface area contributed by atoms with Gasteiger partial charge in [0.05, 0.1) is 18.4 Å². The molecule has 1 atom stereocenters. The first kappa shape index (κ1) is 22.0. The van der Waals surface area contributed by atoms with Gasteiger partial charge in [0.25, 0.3) is 5.91 Å². The van der Waals surface area contributed by atoms with Crippen LogP contribution in [-0.4, -0.2) is 28.3 Å². The van der Waals surface area contributed by atoms with Gasteiger partial charge in [0.1, 0.15) is 23.1 Å². The average Bonchev–Trinajstić information content (AvgIpc) is 3.55. The maximum Gasteiger partial charge on any atom is 0.290 e. The Bertz CT molecular complexity index is 1400. The van der Waals surface area contributed by atoms with Crippen LogP contribution in [0.2, 0.25) is 0 Å². The lowest BCUT2D eigenvalue weighted by Gasteiger charge is -2.24. The highest BCUT2D eigenvalue weighted by atomic mass is 79.9. The molecule has 0 radical (unpaired) electrons. The Morgan fingerprint density at radius 1 is 1.15 bits per heavy atom. The third-order valence-corrected chi connectivity index (χ3v) is 6.14. The fourth-order valence-corrected chi connectivity index (χ4v) is 4.48. The molecule has 0 saturated heterocycles. The summed E-state index contributed by atoms with van der Waals surface area (Å²) >= 11 is 3.40. The number of hydrogen-bond donors (Lipinski definition) is 1. The number of aliphatic hydroxyl groups is 1. The van der Waals surface area contributed by atoms with E-state index in [0.717, 1.165) is 21.2 Å². The van der Waals surface area contributed by atoms with Gasteiger partial charge in [0.15, 0.2) is 11.5 Å². The number of halogens is 1. The van der Waals surface area contributed by atoms with E-state index in [1.54, 1.807) is 30.3 Å². The predicted octanol–water partition coefficient (Wildman–Crippen LogP) is 5.97. The standard InChI is InChI=1S/C26H20BrNO6/c1-2-32-18-8-5-15(6-9-18)14-28-23(20-4-3-11-33-20)22(25(30)26(28)31)24(29)21-13-16-12-17(27)7-10-19(16)34-21/h3-13,23,30H,2,14H2,1H3. The summed E-state index contributed by atoms with van der Waals surface area (Å²) < 4.78 is 17.6. The molecule has 7 nitrogen and oxygen atoms in total. The zero-order valence-corrected chi connectivity index (χ0v) is 19.7. The molecular formula is C26H20BrNO6. The summed E-state index contributed by atoms with van der Waals surface area (Å²) in [6.07, 6.45) is 1.46. The van der Waals surface area contributed by atoms with Gasteiger partial charge in [-0.05, 0) is 61.0 Å². The molecular weight excluding hydrogens is 502 g/mol. The van der Waals surface area contributed by atoms with Crippen molar-refractivity contribution in [2.75, 3.05) is 6.61 Å². The van der Waals surface area contributed by atoms with Crippen LogP contribution in [0.3, 0.4) is 0 Å². The van der Waals surface area contributed by atoms with E-state index in [1.165, 1.54) is 11.2 Å². The molecule has 5 rings (SSSR count). The number of hydrogen-bond acceptors (Lipinski definition) is 6. The topological polar surface area (TPSA) is 93.1 Å². The lowest BCUT2D eigenvalue weighted by atomic mass is 9.99. The Morgan fingerprint density at radius 2 is 1.94 bits per heavy atom. The number of furan rings is 2. The second kappa shape index (κ2) is 8.87. The Hall–Kier alpha value is -3.78. The first-order chi connectivity index (χ1) is 16.5. The van der Waals surface area contributed by atoms with Gasteiger partial charge < -0.3 is 23.6 Å². The smallest absolute Gasteiger partial charge is 0.290 e. The number of amides is 1. The Kier molecular flexibility index (Phi) is 5.75. The largest absolute Gasteiger partial charge is 0.503 e. The minimum atomic E-state index is -0.901. The molecule has 0 saturated carbocycles. The molecule has 1 aliphatic heterocycles. The van der Waals surface area contributed by atoms with Crippen LogP contribution in [0.15, 0.2) is 91.6 Å². The van der Waals surface area contributed by atoms with Crippen molar-refractivity contribution in [3.05, 3.63) is 99.8 Å². The minimum absolute atomic E-state index is 0.0296. The van der Waals surface area contributed by atoms with Crippen LogP contribution in [0.1, 0.15) is 34.8 Å². The summed E-state index contributed by atoms with van der Waals surface area (Å²) in [5, 5.41) is 11.5. The van der Waals surface area contributed by atoms with Crippen molar-refractivity contribution in [2.45, 2.75) is 19.5 Å². The zero-order chi connectivity index (χ0) is 23.8. The molecule has 0 spiro atoms. The number of fused-ring (bicyclic) bond motifs is 1. The molecule has 1 aliphatic rings. The number of nitrogens with zero attached hydrogens (tertiary/aromatic N) is 1. The van der Waals surface area contributed by atoms with E-state index >= 15 is 0 Å². The fraction of sp³-hybridized carbons (Fsp3) is 0.154. The van der Waals surface area contributed by atoms with Gasteiger partial charge in [0.2, 0.25) is 5.78 Å². The van der Waals surface area contributed by atoms with E-state index in [1.807, 2.05) is 37.3 Å². The highest BCUT2D eigenvalue weighted by Crippen LogP contribution is 2.40. The quantitative estimate of drug-likeness (QED) is 0.301. The molecule has 1 unspecified atom stereocenters. The highest BCUT2D eigenvalue weighted by molar-refractivity contribution is 9.10. The summed E-state index contributed by atoms with van der Waals surface area (Å²) in [4.78, 5) is 28.0. The number of aliphatic hydroxyl groups excluding tert-OH is 1. The third kappa shape index (κ3) is 3.90. The zero-order valence-electron chi connectivity index (χ0n) is 18.2. The SMILES string of the molecule is CCOc1ccc(CN2C(=O)C(O)=C(C(=O)c3cc4cc(Br)ccc4o3)C2c2ccco2)cc1. The Labute approximate surface area is 203 Å². The first-order valence-electron chi connectivity index (χ1n) is 10.7. The van der Waals surface area contributed by atoms with Crippen molar-refractivity contribution in [3.63, 3.8) is 0 Å². The van der Waals surface area contributed by atoms with Crippen LogP contribution in [0, 0.1) is 0 Å². The van der Waals surface area contributed by atoms with Crippen LogP contribution in [0.25, 0.3) is 11.0 Å². The highest BCUT2D eigenvalue weighted by Gasteiger charge is 2.45. The summed E-state index contributed by atoms with van der Waals surface area (Å²) in [5.74, 6) is -0.729. The van der Waals surface area contributed by atoms with Gasteiger partial charge in [-0.3, -0.25) is 9.59 Å². The number of ketones is 1. The lowest BCUT2D eigenvalue weighted by Crippen LogP contribution is -2.30. The molecule has 1 amide bonds. The van der Waals surface area contributed by atoms with Gasteiger partial charge in [-0.15, -0.1) is 0 Å². The molecule has 34 heavy (non-hydrogen) atoms. The number of rotatable bonds is 7. The van der Waals surface area contributed by atoms with E-state index in [0.29, 0.717) is 18.0 Å². The molecule has 0 fully saturated rings. The molecule has 172 valence electrons. The van der Waals surface area contributed by atoms with Crippen molar-refractivity contribution < 1.29 is 28.3 Å². The number of carbonyl (C=O) groups is 2. The van der Waals surface area contributed by atoms with Crippen LogP contribution < -0.4 is 4.74 Å². The summed E-state index contributed by atoms with van der Waals surface area (Å²) in [6.45, 7) is 2.61. The van der Waals surface area contributed by atoms with Crippen molar-refractivity contribution in [3.8, 4) is 5.75 Å². The second-order valence-electron chi connectivity index (χ2n) is 7.81. The fourth-order valence-electron chi connectivity index (χ4n) is 4.10. The van der Waals surface area contributed by atoms with E-state index in [2.05, 4.69) is 15.9 Å². The first-order valence-corrected chi connectivity index (χ1v) is 11.5. The van der Waals surface area contributed by atoms with E-state index in [-0.39, 0.29) is 17.9 Å². The molecule has 4 aromatic rings. The van der Waals surface area contributed by atoms with Gasteiger partial charge in [-0.1, -0.05) is 28.1 Å². The van der Waals surface area contributed by atoms with Gasteiger partial charge in [-0.25, -0.2) is 0 Å². The predicted molar refractivity (Wildman–Crippen MR) is 128 cm³/mol. The normalized spacial score (nSPS) is 16.0. The van der Waals surface area contributed by atoms with Gasteiger partial charge >= 0.3 is 0 Å². The van der Waals surface area contributed by atoms with Crippen LogP contribution in [0.5, 0.6) is 5.75 Å². The van der Waals surface area contributed by atoms with Gasteiger partial charge in [0, 0.05) is 16.4 Å². The average molecular weight is 522 g/mol. The van der Waals surface area contributed by atoms with Crippen LogP contribution in [-0.2, 0) is 11.3 Å². The summed E-state index contributed by atoms with van der Waals surface area (Å²) in [7, 11) is 0. The Balaban J connectivity index is 1.51.